The standard InChI is InChI=1S/C11H17N3O4S.ClH/c1-9-5-4-6-10(14(15)16)11(9)19(17,18)13(3)8-7-12-2;/h4-6,12H,7-8H2,1-3H3;1H. The number of aryl methyl sites for hydroxylation is 1. The topological polar surface area (TPSA) is 92.6 Å². The number of nitro groups is 1. The number of sulfonamides is 1. The second-order valence-electron chi connectivity index (χ2n) is 4.11. The molecule has 7 nitrogen and oxygen atoms in total. The van der Waals surface area contributed by atoms with Gasteiger partial charge in [0.15, 0.2) is 4.90 Å². The number of benzene rings is 1. The van der Waals surface area contributed by atoms with Crippen molar-refractivity contribution in [2.45, 2.75) is 11.8 Å². The van der Waals surface area contributed by atoms with Gasteiger partial charge in [0.05, 0.1) is 4.92 Å². The molecule has 0 spiro atoms. The van der Waals surface area contributed by atoms with Gasteiger partial charge >= 0.3 is 0 Å². The van der Waals surface area contributed by atoms with Gasteiger partial charge in [-0.15, -0.1) is 12.4 Å². The van der Waals surface area contributed by atoms with Crippen molar-refractivity contribution in [2.24, 2.45) is 0 Å². The predicted octanol–water partition coefficient (Wildman–Crippen LogP) is 1.16. The Morgan fingerprint density at radius 1 is 1.40 bits per heavy atom. The average molecular weight is 324 g/mol. The third-order valence-corrected chi connectivity index (χ3v) is 4.78. The van der Waals surface area contributed by atoms with E-state index in [9.17, 15) is 18.5 Å². The van der Waals surface area contributed by atoms with Crippen molar-refractivity contribution in [1.82, 2.24) is 9.62 Å². The lowest BCUT2D eigenvalue weighted by Crippen LogP contribution is -2.33. The summed E-state index contributed by atoms with van der Waals surface area (Å²) in [6.45, 7) is 2.26. The summed E-state index contributed by atoms with van der Waals surface area (Å²) < 4.78 is 25.9. The van der Waals surface area contributed by atoms with Gasteiger partial charge in [-0.2, -0.15) is 4.31 Å². The van der Waals surface area contributed by atoms with Crippen LogP contribution in [-0.4, -0.2) is 44.8 Å². The second-order valence-corrected chi connectivity index (χ2v) is 6.09. The Morgan fingerprint density at radius 3 is 2.50 bits per heavy atom. The molecule has 0 saturated heterocycles. The summed E-state index contributed by atoms with van der Waals surface area (Å²) in [6, 6.07) is 4.22. The molecule has 0 aliphatic heterocycles. The first-order valence-corrected chi connectivity index (χ1v) is 7.11. The number of nitrogens with zero attached hydrogens (tertiary/aromatic N) is 2. The van der Waals surface area contributed by atoms with Crippen molar-refractivity contribution in [3.63, 3.8) is 0 Å². The van der Waals surface area contributed by atoms with Crippen LogP contribution in [0.3, 0.4) is 0 Å². The highest BCUT2D eigenvalue weighted by atomic mass is 35.5. The highest BCUT2D eigenvalue weighted by molar-refractivity contribution is 7.89. The molecule has 1 rings (SSSR count). The number of halogens is 1. The summed E-state index contributed by atoms with van der Waals surface area (Å²) in [7, 11) is -0.755. The Bertz CT molecular complexity index is 577. The van der Waals surface area contributed by atoms with Gasteiger partial charge in [0.2, 0.25) is 10.0 Å². The lowest BCUT2D eigenvalue weighted by molar-refractivity contribution is -0.387. The van der Waals surface area contributed by atoms with Gasteiger partial charge in [-0.1, -0.05) is 12.1 Å². The molecule has 0 unspecified atom stereocenters. The summed E-state index contributed by atoms with van der Waals surface area (Å²) in [4.78, 5) is 10.1. The van der Waals surface area contributed by atoms with E-state index in [1.165, 1.54) is 19.2 Å². The zero-order chi connectivity index (χ0) is 14.6. The number of nitrogens with one attached hydrogen (secondary N) is 1. The van der Waals surface area contributed by atoms with Crippen molar-refractivity contribution >= 4 is 28.1 Å². The number of likely N-dealkylation sites (N-methyl/N-ethyl adjacent to an activating group) is 2. The maximum Gasteiger partial charge on any atom is 0.289 e. The maximum absolute atomic E-state index is 12.4. The average Bonchev–Trinajstić information content (AvgIpc) is 2.34. The fraction of sp³-hybridized carbons (Fsp3) is 0.455. The van der Waals surface area contributed by atoms with Crippen LogP contribution in [0.2, 0.25) is 0 Å². The smallest absolute Gasteiger partial charge is 0.289 e. The zero-order valence-electron chi connectivity index (χ0n) is 11.5. The molecule has 0 saturated carbocycles. The van der Waals surface area contributed by atoms with Gasteiger partial charge in [0, 0.05) is 26.2 Å². The molecule has 0 atom stereocenters. The third-order valence-electron chi connectivity index (χ3n) is 2.73. The van der Waals surface area contributed by atoms with Gasteiger partial charge < -0.3 is 5.32 Å². The van der Waals surface area contributed by atoms with Crippen molar-refractivity contribution in [2.75, 3.05) is 27.2 Å². The molecule has 0 heterocycles. The molecule has 0 aliphatic carbocycles. The minimum absolute atomic E-state index is 0. The van der Waals surface area contributed by atoms with Crippen LogP contribution in [0.15, 0.2) is 23.1 Å². The van der Waals surface area contributed by atoms with Crippen LogP contribution in [0.5, 0.6) is 0 Å². The van der Waals surface area contributed by atoms with Crippen LogP contribution in [0.4, 0.5) is 5.69 Å². The van der Waals surface area contributed by atoms with E-state index in [2.05, 4.69) is 5.32 Å². The molecule has 1 aromatic rings. The van der Waals surface area contributed by atoms with Crippen molar-refractivity contribution in [3.05, 3.63) is 33.9 Å². The molecule has 0 bridgehead atoms. The van der Waals surface area contributed by atoms with Gasteiger partial charge in [-0.3, -0.25) is 10.1 Å². The van der Waals surface area contributed by atoms with Gasteiger partial charge in [-0.25, -0.2) is 8.42 Å². The van der Waals surface area contributed by atoms with E-state index in [-0.39, 0.29) is 23.8 Å². The van der Waals surface area contributed by atoms with E-state index in [1.54, 1.807) is 20.0 Å². The molecule has 0 fully saturated rings. The fourth-order valence-corrected chi connectivity index (χ4v) is 3.19. The quantitative estimate of drug-likeness (QED) is 0.626. The number of nitro benzene ring substituents is 1. The molecule has 0 amide bonds. The van der Waals surface area contributed by atoms with Crippen LogP contribution in [0.1, 0.15) is 5.56 Å². The van der Waals surface area contributed by atoms with Crippen molar-refractivity contribution in [1.29, 1.82) is 0 Å². The normalized spacial score (nSPS) is 11.2. The van der Waals surface area contributed by atoms with E-state index >= 15 is 0 Å². The monoisotopic (exact) mass is 323 g/mol. The van der Waals surface area contributed by atoms with E-state index in [0.29, 0.717) is 12.1 Å². The summed E-state index contributed by atoms with van der Waals surface area (Å²) in [5.41, 5.74) is -0.0261. The van der Waals surface area contributed by atoms with E-state index in [1.807, 2.05) is 0 Å². The lowest BCUT2D eigenvalue weighted by Gasteiger charge is -2.18. The van der Waals surface area contributed by atoms with Crippen LogP contribution in [0, 0.1) is 17.0 Å². The summed E-state index contributed by atoms with van der Waals surface area (Å²) >= 11 is 0. The van der Waals surface area contributed by atoms with Crippen LogP contribution < -0.4 is 5.32 Å². The summed E-state index contributed by atoms with van der Waals surface area (Å²) in [5.74, 6) is 0. The van der Waals surface area contributed by atoms with Crippen LogP contribution in [0.25, 0.3) is 0 Å². The summed E-state index contributed by atoms with van der Waals surface area (Å²) in [6.07, 6.45) is 0. The Kier molecular flexibility index (Phi) is 7.07. The Balaban J connectivity index is 0.00000361. The minimum atomic E-state index is -3.87. The molecular weight excluding hydrogens is 306 g/mol. The molecule has 114 valence electrons. The molecule has 20 heavy (non-hydrogen) atoms. The molecule has 9 heteroatoms. The zero-order valence-corrected chi connectivity index (χ0v) is 13.1. The molecule has 1 aromatic carbocycles. The Hall–Kier alpha value is -1.22. The molecule has 0 aliphatic rings. The predicted molar refractivity (Wildman–Crippen MR) is 78.8 cm³/mol. The largest absolute Gasteiger partial charge is 0.318 e. The first kappa shape index (κ1) is 18.8. The fourth-order valence-electron chi connectivity index (χ4n) is 1.66. The highest BCUT2D eigenvalue weighted by Gasteiger charge is 2.30. The highest BCUT2D eigenvalue weighted by Crippen LogP contribution is 2.28. The maximum atomic E-state index is 12.4. The first-order valence-electron chi connectivity index (χ1n) is 5.67. The second kappa shape index (κ2) is 7.53. The van der Waals surface area contributed by atoms with Crippen molar-refractivity contribution in [3.8, 4) is 0 Å². The lowest BCUT2D eigenvalue weighted by atomic mass is 10.2. The van der Waals surface area contributed by atoms with Crippen LogP contribution in [-0.2, 0) is 10.0 Å². The number of hydrogen-bond acceptors (Lipinski definition) is 5. The number of hydrogen-bond donors (Lipinski definition) is 1. The van der Waals surface area contributed by atoms with E-state index < -0.39 is 20.6 Å². The molecule has 1 N–H and O–H groups in total. The van der Waals surface area contributed by atoms with E-state index in [0.717, 1.165) is 4.31 Å². The van der Waals surface area contributed by atoms with Gasteiger partial charge in [0.1, 0.15) is 0 Å². The molecular formula is C11H18ClN3O4S. The van der Waals surface area contributed by atoms with Crippen molar-refractivity contribution < 1.29 is 13.3 Å². The van der Waals surface area contributed by atoms with Gasteiger partial charge in [-0.05, 0) is 19.5 Å². The third kappa shape index (κ3) is 3.89. The Labute approximate surface area is 124 Å². The summed E-state index contributed by atoms with van der Waals surface area (Å²) in [5, 5.41) is 13.8. The number of rotatable bonds is 6. The first-order chi connectivity index (χ1) is 8.82. The SMILES string of the molecule is CNCCN(C)S(=O)(=O)c1c(C)cccc1[N+](=O)[O-].Cl. The molecule has 0 radical (unpaired) electrons. The molecule has 0 aromatic heterocycles. The Morgan fingerprint density at radius 2 is 2.00 bits per heavy atom. The van der Waals surface area contributed by atoms with E-state index in [4.69, 9.17) is 0 Å². The van der Waals surface area contributed by atoms with Gasteiger partial charge in [0.25, 0.3) is 5.69 Å². The minimum Gasteiger partial charge on any atom is -0.318 e. The van der Waals surface area contributed by atoms with Crippen LogP contribution >= 0.6 is 12.4 Å².